The molecule has 12 heteroatoms. The number of alkyl halides is 3. The van der Waals surface area contributed by atoms with Crippen LogP contribution in [0, 0.1) is 0 Å². The molecule has 0 fully saturated rings. The third-order valence-corrected chi connectivity index (χ3v) is 4.59. The molecule has 4 aromatic rings. The summed E-state index contributed by atoms with van der Waals surface area (Å²) >= 11 is 8.89. The van der Waals surface area contributed by atoms with Crippen LogP contribution in [0.3, 0.4) is 0 Å². The Balaban J connectivity index is 1.70. The molecule has 0 aliphatic carbocycles. The minimum atomic E-state index is -4.77. The Labute approximate surface area is 168 Å². The van der Waals surface area contributed by atoms with Crippen LogP contribution >= 0.6 is 27.5 Å². The third-order valence-electron chi connectivity index (χ3n) is 3.81. The van der Waals surface area contributed by atoms with Crippen LogP contribution in [0.4, 0.5) is 19.0 Å². The molecule has 0 saturated heterocycles. The maximum atomic E-state index is 12.4. The van der Waals surface area contributed by atoms with Gasteiger partial charge in [-0.15, -0.1) is 18.3 Å². The van der Waals surface area contributed by atoms with Crippen molar-refractivity contribution in [2.75, 3.05) is 5.73 Å². The maximum Gasteiger partial charge on any atom is 0.573 e. The van der Waals surface area contributed by atoms with Gasteiger partial charge < -0.3 is 15.0 Å². The number of anilines is 1. The molecule has 0 radical (unpaired) electrons. The molecule has 7 nitrogen and oxygen atoms in total. The number of aromatic nitrogens is 5. The van der Waals surface area contributed by atoms with Gasteiger partial charge in [0.15, 0.2) is 5.82 Å². The predicted molar refractivity (Wildman–Crippen MR) is 99.4 cm³/mol. The molecular formula is C16H9BrClF3N6O. The largest absolute Gasteiger partial charge is 0.573 e. The van der Waals surface area contributed by atoms with E-state index in [-0.39, 0.29) is 21.3 Å². The zero-order valence-corrected chi connectivity index (χ0v) is 16.0. The summed E-state index contributed by atoms with van der Waals surface area (Å²) in [6.45, 7) is 0. The van der Waals surface area contributed by atoms with Crippen LogP contribution in [0.25, 0.3) is 22.5 Å². The highest BCUT2D eigenvalue weighted by atomic mass is 79.9. The minimum absolute atomic E-state index is 0.0173. The van der Waals surface area contributed by atoms with Crippen LogP contribution in [0.2, 0.25) is 5.28 Å². The summed E-state index contributed by atoms with van der Waals surface area (Å²) < 4.78 is 44.4. The van der Waals surface area contributed by atoms with Crippen molar-refractivity contribution < 1.29 is 17.9 Å². The van der Waals surface area contributed by atoms with E-state index in [2.05, 4.69) is 35.7 Å². The SMILES string of the molecule is Nc1nc(Cl)nn2ccc(-c3cn(-c4ccc(OC(F)(F)F)c(Br)c4)cn3)c12. The van der Waals surface area contributed by atoms with Gasteiger partial charge in [0, 0.05) is 23.6 Å². The second-order valence-electron chi connectivity index (χ2n) is 5.62. The Kier molecular flexibility index (Phi) is 4.42. The van der Waals surface area contributed by atoms with Gasteiger partial charge in [0.2, 0.25) is 5.28 Å². The van der Waals surface area contributed by atoms with Gasteiger partial charge in [-0.1, -0.05) is 0 Å². The summed E-state index contributed by atoms with van der Waals surface area (Å²) in [6, 6.07) is 5.95. The second kappa shape index (κ2) is 6.67. The summed E-state index contributed by atoms with van der Waals surface area (Å²) in [5, 5.41) is 4.06. The lowest BCUT2D eigenvalue weighted by atomic mass is 10.2. The van der Waals surface area contributed by atoms with Crippen LogP contribution in [0.15, 0.2) is 47.5 Å². The first-order valence-electron chi connectivity index (χ1n) is 7.61. The van der Waals surface area contributed by atoms with E-state index in [1.54, 1.807) is 23.0 Å². The van der Waals surface area contributed by atoms with Crippen LogP contribution < -0.4 is 10.5 Å². The predicted octanol–water partition coefficient (Wildman–Crippen LogP) is 4.48. The van der Waals surface area contributed by atoms with Crippen molar-refractivity contribution >= 4 is 38.9 Å². The second-order valence-corrected chi connectivity index (χ2v) is 6.81. The van der Waals surface area contributed by atoms with Crippen LogP contribution in [-0.4, -0.2) is 30.5 Å². The molecule has 0 unspecified atom stereocenters. The van der Waals surface area contributed by atoms with Gasteiger partial charge in [0.1, 0.15) is 11.3 Å². The van der Waals surface area contributed by atoms with E-state index in [0.29, 0.717) is 22.5 Å². The molecule has 0 amide bonds. The van der Waals surface area contributed by atoms with Crippen LogP contribution in [0.5, 0.6) is 5.75 Å². The molecule has 144 valence electrons. The van der Waals surface area contributed by atoms with Gasteiger partial charge >= 0.3 is 6.36 Å². The van der Waals surface area contributed by atoms with Crippen molar-refractivity contribution in [1.82, 2.24) is 24.1 Å². The molecule has 1 aromatic carbocycles. The summed E-state index contributed by atoms with van der Waals surface area (Å²) in [6.07, 6.45) is 0.133. The Morgan fingerprint density at radius 1 is 1.21 bits per heavy atom. The fourth-order valence-electron chi connectivity index (χ4n) is 2.69. The molecule has 2 N–H and O–H groups in total. The number of hydrogen-bond donors (Lipinski definition) is 1. The smallest absolute Gasteiger partial charge is 0.405 e. The van der Waals surface area contributed by atoms with Gasteiger partial charge in [-0.2, -0.15) is 4.98 Å². The van der Waals surface area contributed by atoms with Crippen molar-refractivity contribution in [2.24, 2.45) is 0 Å². The molecule has 0 aliphatic heterocycles. The Morgan fingerprint density at radius 2 is 2.00 bits per heavy atom. The molecular weight excluding hydrogens is 465 g/mol. The lowest BCUT2D eigenvalue weighted by Crippen LogP contribution is -2.17. The first kappa shape index (κ1) is 18.6. The molecule has 0 atom stereocenters. The monoisotopic (exact) mass is 472 g/mol. The number of nitrogen functional groups attached to an aromatic ring is 1. The molecule has 4 rings (SSSR count). The number of benzene rings is 1. The van der Waals surface area contributed by atoms with Crippen molar-refractivity contribution in [3.8, 4) is 22.7 Å². The van der Waals surface area contributed by atoms with Crippen LogP contribution in [0.1, 0.15) is 0 Å². The minimum Gasteiger partial charge on any atom is -0.405 e. The van der Waals surface area contributed by atoms with Gasteiger partial charge in [0.25, 0.3) is 0 Å². The first-order chi connectivity index (χ1) is 13.2. The zero-order chi connectivity index (χ0) is 20.1. The topological polar surface area (TPSA) is 83.3 Å². The van der Waals surface area contributed by atoms with Gasteiger partial charge in [-0.3, -0.25) is 0 Å². The number of halogens is 5. The Hall–Kier alpha value is -2.79. The van der Waals surface area contributed by atoms with Crippen LogP contribution in [-0.2, 0) is 0 Å². The molecule has 28 heavy (non-hydrogen) atoms. The maximum absolute atomic E-state index is 12.4. The lowest BCUT2D eigenvalue weighted by molar-refractivity contribution is -0.274. The number of imidazole rings is 1. The number of nitrogens with two attached hydrogens (primary N) is 1. The van der Waals surface area contributed by atoms with E-state index in [1.165, 1.54) is 29.0 Å². The standard InChI is InChI=1S/C16H9BrClF3N6O/c17-10-5-8(1-2-12(10)28-16(19,20)21)26-6-11(23-7-26)9-3-4-27-13(9)14(22)24-15(18)25-27/h1-7H,(H2,22,24,25). The van der Waals surface area contributed by atoms with Gasteiger partial charge in [-0.05, 0) is 51.8 Å². The molecule has 0 bridgehead atoms. The number of nitrogens with zero attached hydrogens (tertiary/aromatic N) is 5. The molecule has 0 spiro atoms. The van der Waals surface area contributed by atoms with E-state index >= 15 is 0 Å². The molecule has 0 saturated carbocycles. The molecule has 3 aromatic heterocycles. The number of fused-ring (bicyclic) bond motifs is 1. The van der Waals surface area contributed by atoms with E-state index in [1.807, 2.05) is 0 Å². The average Bonchev–Trinajstić information content (AvgIpc) is 3.22. The van der Waals surface area contributed by atoms with Gasteiger partial charge in [-0.25, -0.2) is 9.50 Å². The van der Waals surface area contributed by atoms with Crippen molar-refractivity contribution in [3.63, 3.8) is 0 Å². The van der Waals surface area contributed by atoms with Crippen molar-refractivity contribution in [1.29, 1.82) is 0 Å². The highest BCUT2D eigenvalue weighted by molar-refractivity contribution is 9.10. The van der Waals surface area contributed by atoms with E-state index in [4.69, 9.17) is 17.3 Å². The summed E-state index contributed by atoms with van der Waals surface area (Å²) in [7, 11) is 0. The molecule has 0 aliphatic rings. The third kappa shape index (κ3) is 3.50. The van der Waals surface area contributed by atoms with Crippen molar-refractivity contribution in [3.05, 3.63) is 52.7 Å². The summed E-state index contributed by atoms with van der Waals surface area (Å²) in [5.74, 6) is -0.136. The normalized spacial score (nSPS) is 11.9. The fourth-order valence-corrected chi connectivity index (χ4v) is 3.31. The first-order valence-corrected chi connectivity index (χ1v) is 8.79. The van der Waals surface area contributed by atoms with E-state index in [9.17, 15) is 13.2 Å². The quantitative estimate of drug-likeness (QED) is 0.474. The van der Waals surface area contributed by atoms with E-state index < -0.39 is 6.36 Å². The number of hydrogen-bond acceptors (Lipinski definition) is 5. The summed E-state index contributed by atoms with van der Waals surface area (Å²) in [5.41, 5.74) is 8.33. The number of ether oxygens (including phenoxy) is 1. The van der Waals surface area contributed by atoms with Crippen molar-refractivity contribution in [2.45, 2.75) is 6.36 Å². The fraction of sp³-hybridized carbons (Fsp3) is 0.0625. The summed E-state index contributed by atoms with van der Waals surface area (Å²) in [4.78, 5) is 8.28. The van der Waals surface area contributed by atoms with Gasteiger partial charge in [0.05, 0.1) is 16.5 Å². The number of rotatable bonds is 3. The average molecular weight is 474 g/mol. The zero-order valence-electron chi connectivity index (χ0n) is 13.7. The Bertz CT molecular complexity index is 1190. The lowest BCUT2D eigenvalue weighted by Gasteiger charge is -2.11. The molecule has 3 heterocycles. The highest BCUT2D eigenvalue weighted by Crippen LogP contribution is 2.33. The van der Waals surface area contributed by atoms with E-state index in [0.717, 1.165) is 0 Å². The Morgan fingerprint density at radius 3 is 2.71 bits per heavy atom. The highest BCUT2D eigenvalue weighted by Gasteiger charge is 2.32.